The molecule has 0 atom stereocenters. The third-order valence-corrected chi connectivity index (χ3v) is 6.31. The van der Waals surface area contributed by atoms with E-state index in [0.717, 1.165) is 32.1 Å². The van der Waals surface area contributed by atoms with Gasteiger partial charge in [-0.25, -0.2) is 4.79 Å². The normalized spacial score (nSPS) is 26.8. The van der Waals surface area contributed by atoms with Crippen LogP contribution in [0.15, 0.2) is 24.3 Å². The van der Waals surface area contributed by atoms with Crippen molar-refractivity contribution in [3.63, 3.8) is 0 Å². The summed E-state index contributed by atoms with van der Waals surface area (Å²) in [5.41, 5.74) is -0.238. The lowest BCUT2D eigenvalue weighted by molar-refractivity contribution is -0.274. The first-order valence-electron chi connectivity index (χ1n) is 11.1. The zero-order valence-corrected chi connectivity index (χ0v) is 19.9. The molecule has 5 heteroatoms. The molecule has 0 saturated carbocycles. The van der Waals surface area contributed by atoms with Gasteiger partial charge in [-0.3, -0.25) is 4.84 Å². The highest BCUT2D eigenvalue weighted by Gasteiger charge is 2.44. The van der Waals surface area contributed by atoms with E-state index in [0.29, 0.717) is 6.61 Å². The maximum atomic E-state index is 12.3. The van der Waals surface area contributed by atoms with E-state index in [-0.39, 0.29) is 28.1 Å². The molecule has 0 aromatic rings. The summed E-state index contributed by atoms with van der Waals surface area (Å²) in [6, 6.07) is 0. The van der Waals surface area contributed by atoms with Crippen molar-refractivity contribution < 1.29 is 14.5 Å². The predicted octanol–water partition coefficient (Wildman–Crippen LogP) is 5.57. The van der Waals surface area contributed by atoms with Crippen molar-refractivity contribution in [1.29, 1.82) is 0 Å². The van der Waals surface area contributed by atoms with Gasteiger partial charge in [-0.05, 0) is 93.9 Å². The van der Waals surface area contributed by atoms with Crippen molar-refractivity contribution >= 4 is 5.97 Å². The SMILES string of the molecule is CC1(C)CCCC(C)(C)N1OC/C=C/C=C/C(=O)ON1C(C)(C)CCCC1(C)C. The summed E-state index contributed by atoms with van der Waals surface area (Å²) in [6.07, 6.45) is 13.7. The van der Waals surface area contributed by atoms with Gasteiger partial charge in [0.25, 0.3) is 0 Å². The van der Waals surface area contributed by atoms with Crippen molar-refractivity contribution in [2.45, 2.75) is 116 Å². The third kappa shape index (κ3) is 6.16. The van der Waals surface area contributed by atoms with Crippen molar-refractivity contribution in [3.05, 3.63) is 24.3 Å². The predicted molar refractivity (Wildman–Crippen MR) is 118 cm³/mol. The maximum absolute atomic E-state index is 12.3. The minimum Gasteiger partial charge on any atom is -0.363 e. The molecule has 2 aliphatic rings. The summed E-state index contributed by atoms with van der Waals surface area (Å²) in [5.74, 6) is -0.336. The van der Waals surface area contributed by atoms with Crippen molar-refractivity contribution in [1.82, 2.24) is 10.1 Å². The smallest absolute Gasteiger partial charge is 0.349 e. The molecule has 166 valence electrons. The number of hydroxylamine groups is 4. The Kier molecular flexibility index (Phi) is 7.40. The second kappa shape index (κ2) is 8.91. The minimum atomic E-state index is -0.336. The van der Waals surface area contributed by atoms with Gasteiger partial charge < -0.3 is 4.84 Å². The lowest BCUT2D eigenvalue weighted by Crippen LogP contribution is -2.58. The average Bonchev–Trinajstić information content (AvgIpc) is 2.55. The number of piperidine rings is 2. The Hall–Kier alpha value is -1.17. The van der Waals surface area contributed by atoms with Crippen LogP contribution in [0.25, 0.3) is 0 Å². The molecule has 0 bridgehead atoms. The lowest BCUT2D eigenvalue weighted by atomic mass is 9.82. The molecule has 0 radical (unpaired) electrons. The zero-order valence-electron chi connectivity index (χ0n) is 19.9. The van der Waals surface area contributed by atoms with E-state index in [1.54, 1.807) is 6.08 Å². The molecule has 0 spiro atoms. The van der Waals surface area contributed by atoms with E-state index in [9.17, 15) is 4.79 Å². The first-order valence-corrected chi connectivity index (χ1v) is 11.1. The molecular formula is C24H42N2O3. The molecule has 2 rings (SSSR count). The number of carbonyl (C=O) groups is 1. The van der Waals surface area contributed by atoms with Crippen LogP contribution in [0.1, 0.15) is 93.9 Å². The Morgan fingerprint density at radius 2 is 1.21 bits per heavy atom. The van der Waals surface area contributed by atoms with Crippen LogP contribution in [0, 0.1) is 0 Å². The van der Waals surface area contributed by atoms with Crippen LogP contribution in [0.2, 0.25) is 0 Å². The number of hydrogen-bond donors (Lipinski definition) is 0. The highest BCUT2D eigenvalue weighted by atomic mass is 16.7. The summed E-state index contributed by atoms with van der Waals surface area (Å²) in [5, 5.41) is 4.02. The summed E-state index contributed by atoms with van der Waals surface area (Å²) >= 11 is 0. The van der Waals surface area contributed by atoms with Crippen LogP contribution in [0.5, 0.6) is 0 Å². The Labute approximate surface area is 178 Å². The molecule has 0 aromatic carbocycles. The molecule has 5 nitrogen and oxygen atoms in total. The Bertz CT molecular complexity index is 600. The average molecular weight is 407 g/mol. The van der Waals surface area contributed by atoms with Crippen LogP contribution in [-0.4, -0.2) is 44.9 Å². The molecule has 2 heterocycles. The number of hydrogen-bond acceptors (Lipinski definition) is 5. The van der Waals surface area contributed by atoms with Crippen molar-refractivity contribution in [3.8, 4) is 0 Å². The quantitative estimate of drug-likeness (QED) is 0.426. The van der Waals surface area contributed by atoms with Crippen molar-refractivity contribution in [2.75, 3.05) is 6.61 Å². The summed E-state index contributed by atoms with van der Waals surface area (Å²) in [4.78, 5) is 24.1. The lowest BCUT2D eigenvalue weighted by Gasteiger charge is -2.51. The topological polar surface area (TPSA) is 42.0 Å². The molecular weight excluding hydrogens is 364 g/mol. The van der Waals surface area contributed by atoms with E-state index < -0.39 is 0 Å². The fourth-order valence-corrected chi connectivity index (χ4v) is 5.05. The van der Waals surface area contributed by atoms with Gasteiger partial charge in [-0.15, -0.1) is 5.06 Å². The van der Waals surface area contributed by atoms with Crippen LogP contribution in [-0.2, 0) is 14.5 Å². The fourth-order valence-electron chi connectivity index (χ4n) is 5.05. The Balaban J connectivity index is 1.84. The van der Waals surface area contributed by atoms with Crippen LogP contribution < -0.4 is 0 Å². The van der Waals surface area contributed by atoms with Gasteiger partial charge in [0, 0.05) is 17.2 Å². The van der Waals surface area contributed by atoms with Gasteiger partial charge in [0.2, 0.25) is 0 Å². The molecule has 0 amide bonds. The van der Waals surface area contributed by atoms with E-state index in [1.807, 2.05) is 17.2 Å². The molecule has 0 aromatic heterocycles. The number of carbonyl (C=O) groups excluding carboxylic acids is 1. The second-order valence-electron chi connectivity index (χ2n) is 11.0. The van der Waals surface area contributed by atoms with Gasteiger partial charge in [-0.2, -0.15) is 5.06 Å². The van der Waals surface area contributed by atoms with Gasteiger partial charge in [0.05, 0.1) is 17.7 Å². The van der Waals surface area contributed by atoms with Crippen LogP contribution in [0.3, 0.4) is 0 Å². The fraction of sp³-hybridized carbons (Fsp3) is 0.792. The molecule has 0 N–H and O–H groups in total. The highest BCUT2D eigenvalue weighted by Crippen LogP contribution is 2.39. The molecule has 0 unspecified atom stereocenters. The largest absolute Gasteiger partial charge is 0.363 e. The van der Waals surface area contributed by atoms with Gasteiger partial charge in [0.15, 0.2) is 0 Å². The van der Waals surface area contributed by atoms with E-state index in [1.165, 1.54) is 12.5 Å². The molecule has 2 aliphatic heterocycles. The van der Waals surface area contributed by atoms with Crippen LogP contribution in [0.4, 0.5) is 0 Å². The first kappa shape index (κ1) is 24.1. The van der Waals surface area contributed by atoms with Crippen LogP contribution >= 0.6 is 0 Å². The second-order valence-corrected chi connectivity index (χ2v) is 11.0. The summed E-state index contributed by atoms with van der Waals surface area (Å²) < 4.78 is 0. The molecule has 0 aliphatic carbocycles. The monoisotopic (exact) mass is 406 g/mol. The standard InChI is InChI=1S/C24H42N2O3/c1-21(2)15-12-16-22(3,4)25(21)28-19-11-9-10-14-20(27)29-26-23(5,6)17-13-18-24(26,7)8/h9-11,14H,12-13,15-19H2,1-8H3/b11-9+,14-10+. The summed E-state index contributed by atoms with van der Waals surface area (Å²) in [6.45, 7) is 17.9. The molecule has 29 heavy (non-hydrogen) atoms. The maximum Gasteiger partial charge on any atom is 0.349 e. The number of rotatable bonds is 6. The molecule has 2 saturated heterocycles. The van der Waals surface area contributed by atoms with E-state index in [2.05, 4.69) is 60.5 Å². The first-order chi connectivity index (χ1) is 13.3. The van der Waals surface area contributed by atoms with E-state index >= 15 is 0 Å². The zero-order chi connectivity index (χ0) is 21.9. The highest BCUT2D eigenvalue weighted by molar-refractivity contribution is 5.82. The third-order valence-electron chi connectivity index (χ3n) is 6.31. The van der Waals surface area contributed by atoms with Gasteiger partial charge in [-0.1, -0.05) is 18.2 Å². The van der Waals surface area contributed by atoms with Crippen molar-refractivity contribution in [2.24, 2.45) is 0 Å². The van der Waals surface area contributed by atoms with Gasteiger partial charge in [0.1, 0.15) is 0 Å². The molecule has 2 fully saturated rings. The number of allylic oxidation sites excluding steroid dienone is 2. The summed E-state index contributed by atoms with van der Waals surface area (Å²) in [7, 11) is 0. The van der Waals surface area contributed by atoms with E-state index in [4.69, 9.17) is 9.68 Å². The minimum absolute atomic E-state index is 0.0310. The Morgan fingerprint density at radius 1 is 0.759 bits per heavy atom. The Morgan fingerprint density at radius 3 is 1.69 bits per heavy atom. The number of nitrogens with zero attached hydrogens (tertiary/aromatic N) is 2. The van der Waals surface area contributed by atoms with Gasteiger partial charge >= 0.3 is 5.97 Å².